The molecule has 8 nitrogen and oxygen atoms in total. The molecule has 0 N–H and O–H groups in total. The minimum Gasteiger partial charge on any atom is -0.456 e. The standard InChI is InChI=1S/C28H39NO7Si/c1-21(22(2)35-20-33-16-17-37(4,5)6)18-27(23(3)34-19-24-10-8-7-9-11-24)36-28(30)25-12-14-26(15-13-25)29(31)32/h7-15,22-23,27H,1,16-20H2,2-6H3/t22-,23-,27+/m1/s1. The third-order valence-electron chi connectivity index (χ3n) is 5.89. The summed E-state index contributed by atoms with van der Waals surface area (Å²) in [5.41, 5.74) is 1.86. The zero-order chi connectivity index (χ0) is 27.4. The monoisotopic (exact) mass is 529 g/mol. The number of hydrogen-bond donors (Lipinski definition) is 0. The lowest BCUT2D eigenvalue weighted by atomic mass is 10.0. The molecule has 37 heavy (non-hydrogen) atoms. The van der Waals surface area contributed by atoms with E-state index in [0.717, 1.165) is 17.2 Å². The molecule has 0 bridgehead atoms. The van der Waals surface area contributed by atoms with Crippen LogP contribution in [0.1, 0.15) is 36.2 Å². The summed E-state index contributed by atoms with van der Waals surface area (Å²) in [4.78, 5) is 23.3. The van der Waals surface area contributed by atoms with Crippen molar-refractivity contribution in [3.8, 4) is 0 Å². The van der Waals surface area contributed by atoms with Crippen LogP contribution in [0, 0.1) is 10.1 Å². The molecule has 0 aliphatic rings. The highest BCUT2D eigenvalue weighted by Gasteiger charge is 2.26. The van der Waals surface area contributed by atoms with Gasteiger partial charge in [-0.05, 0) is 43.2 Å². The first-order valence-electron chi connectivity index (χ1n) is 12.4. The number of rotatable bonds is 16. The summed E-state index contributed by atoms with van der Waals surface area (Å²) in [7, 11) is -1.17. The molecule has 0 saturated heterocycles. The number of hydrogen-bond acceptors (Lipinski definition) is 7. The Bertz CT molecular complexity index is 1010. The van der Waals surface area contributed by atoms with Crippen molar-refractivity contribution in [2.75, 3.05) is 13.4 Å². The Hall–Kier alpha value is -2.85. The lowest BCUT2D eigenvalue weighted by Gasteiger charge is -2.27. The largest absolute Gasteiger partial charge is 0.456 e. The molecule has 0 heterocycles. The highest BCUT2D eigenvalue weighted by Crippen LogP contribution is 2.21. The Balaban J connectivity index is 2.01. The first-order valence-corrected chi connectivity index (χ1v) is 16.1. The Kier molecular flexibility index (Phi) is 12.1. The lowest BCUT2D eigenvalue weighted by Crippen LogP contribution is -2.33. The molecule has 0 unspecified atom stereocenters. The van der Waals surface area contributed by atoms with Crippen LogP contribution in [0.2, 0.25) is 25.7 Å². The van der Waals surface area contributed by atoms with Crippen LogP contribution in [0.4, 0.5) is 5.69 Å². The van der Waals surface area contributed by atoms with E-state index in [2.05, 4.69) is 26.2 Å². The Morgan fingerprint density at radius 2 is 1.68 bits per heavy atom. The van der Waals surface area contributed by atoms with Gasteiger partial charge >= 0.3 is 5.97 Å². The van der Waals surface area contributed by atoms with Crippen molar-refractivity contribution in [2.45, 2.75) is 70.9 Å². The van der Waals surface area contributed by atoms with Gasteiger partial charge in [0.1, 0.15) is 12.9 Å². The van der Waals surface area contributed by atoms with Crippen molar-refractivity contribution >= 4 is 19.7 Å². The molecule has 0 aliphatic heterocycles. The molecule has 2 rings (SSSR count). The average molecular weight is 530 g/mol. The van der Waals surface area contributed by atoms with Gasteiger partial charge in [-0.2, -0.15) is 0 Å². The maximum atomic E-state index is 12.9. The topological polar surface area (TPSA) is 97.1 Å². The smallest absolute Gasteiger partial charge is 0.338 e. The molecule has 2 aromatic rings. The molecule has 3 atom stereocenters. The van der Waals surface area contributed by atoms with Crippen LogP contribution in [-0.2, 0) is 25.6 Å². The summed E-state index contributed by atoms with van der Waals surface area (Å²) < 4.78 is 23.3. The number of carbonyl (C=O) groups is 1. The van der Waals surface area contributed by atoms with Gasteiger partial charge in [0.05, 0.1) is 29.3 Å². The predicted octanol–water partition coefficient (Wildman–Crippen LogP) is 6.39. The highest BCUT2D eigenvalue weighted by molar-refractivity contribution is 6.76. The number of ether oxygens (including phenoxy) is 4. The summed E-state index contributed by atoms with van der Waals surface area (Å²) in [5.74, 6) is -0.592. The molecular weight excluding hydrogens is 490 g/mol. The second kappa shape index (κ2) is 14.8. The van der Waals surface area contributed by atoms with Gasteiger partial charge in [-0.15, -0.1) is 0 Å². The molecule has 2 aromatic carbocycles. The van der Waals surface area contributed by atoms with Gasteiger partial charge in [-0.1, -0.05) is 56.6 Å². The molecule has 0 aromatic heterocycles. The number of nitro groups is 1. The molecule has 0 radical (unpaired) electrons. The van der Waals surface area contributed by atoms with Crippen molar-refractivity contribution in [3.63, 3.8) is 0 Å². The molecule has 0 amide bonds. The number of benzene rings is 2. The minimum atomic E-state index is -1.17. The van der Waals surface area contributed by atoms with E-state index in [9.17, 15) is 14.9 Å². The Morgan fingerprint density at radius 3 is 2.27 bits per heavy atom. The first kappa shape index (κ1) is 30.4. The quantitative estimate of drug-likeness (QED) is 0.0473. The van der Waals surface area contributed by atoms with Crippen LogP contribution in [0.15, 0.2) is 66.7 Å². The molecule has 0 aliphatic carbocycles. The predicted molar refractivity (Wildman–Crippen MR) is 146 cm³/mol. The summed E-state index contributed by atoms with van der Waals surface area (Å²) in [6, 6.07) is 16.1. The number of nitrogens with zero attached hydrogens (tertiary/aromatic N) is 1. The zero-order valence-corrected chi connectivity index (χ0v) is 23.5. The summed E-state index contributed by atoms with van der Waals surface area (Å²) >= 11 is 0. The van der Waals surface area contributed by atoms with Gasteiger partial charge in [0.15, 0.2) is 0 Å². The van der Waals surface area contributed by atoms with Crippen molar-refractivity contribution in [3.05, 3.63) is 88.0 Å². The van der Waals surface area contributed by atoms with Crippen molar-refractivity contribution in [2.24, 2.45) is 0 Å². The second-order valence-corrected chi connectivity index (χ2v) is 15.9. The van der Waals surface area contributed by atoms with E-state index < -0.39 is 31.2 Å². The van der Waals surface area contributed by atoms with Crippen LogP contribution in [0.25, 0.3) is 0 Å². The van der Waals surface area contributed by atoms with Crippen molar-refractivity contribution in [1.29, 1.82) is 0 Å². The molecule has 0 spiro atoms. The van der Waals surface area contributed by atoms with Crippen LogP contribution in [-0.4, -0.2) is 50.7 Å². The maximum Gasteiger partial charge on any atom is 0.338 e. The van der Waals surface area contributed by atoms with E-state index in [1.807, 2.05) is 44.2 Å². The molecule has 202 valence electrons. The van der Waals surface area contributed by atoms with Crippen LogP contribution in [0.5, 0.6) is 0 Å². The fraction of sp³-hybridized carbons (Fsp3) is 0.464. The first-order chi connectivity index (χ1) is 17.5. The summed E-state index contributed by atoms with van der Waals surface area (Å²) in [5, 5.41) is 10.9. The van der Waals surface area contributed by atoms with E-state index in [-0.39, 0.29) is 24.1 Å². The van der Waals surface area contributed by atoms with Crippen LogP contribution >= 0.6 is 0 Å². The summed E-state index contributed by atoms with van der Waals surface area (Å²) in [6.07, 6.45) is -1.07. The Labute approximate surface area is 220 Å². The van der Waals surface area contributed by atoms with Gasteiger partial charge in [-0.3, -0.25) is 10.1 Å². The molecular formula is C28H39NO7Si. The number of nitro benzene ring substituents is 1. The van der Waals surface area contributed by atoms with E-state index in [1.165, 1.54) is 24.3 Å². The summed E-state index contributed by atoms with van der Waals surface area (Å²) in [6.45, 7) is 15.9. The van der Waals surface area contributed by atoms with E-state index >= 15 is 0 Å². The van der Waals surface area contributed by atoms with Gasteiger partial charge in [0, 0.05) is 33.2 Å². The number of carbonyl (C=O) groups excluding carboxylic acids is 1. The Morgan fingerprint density at radius 1 is 1.03 bits per heavy atom. The number of non-ortho nitro benzene ring substituents is 1. The van der Waals surface area contributed by atoms with E-state index in [1.54, 1.807) is 0 Å². The minimum absolute atomic E-state index is 0.0981. The van der Waals surface area contributed by atoms with Crippen LogP contribution < -0.4 is 0 Å². The lowest BCUT2D eigenvalue weighted by molar-refractivity contribution is -0.384. The van der Waals surface area contributed by atoms with Gasteiger partial charge < -0.3 is 18.9 Å². The van der Waals surface area contributed by atoms with Gasteiger partial charge in [0.2, 0.25) is 0 Å². The van der Waals surface area contributed by atoms with Gasteiger partial charge in [-0.25, -0.2) is 4.79 Å². The SMILES string of the molecule is C=C(C[C@H](OC(=O)c1ccc([N+](=O)[O-])cc1)[C@@H](C)OCc1ccccc1)[C@@H](C)OCOCC[Si](C)(C)C. The maximum absolute atomic E-state index is 12.9. The second-order valence-electron chi connectivity index (χ2n) is 10.3. The van der Waals surface area contributed by atoms with Gasteiger partial charge in [0.25, 0.3) is 5.69 Å². The van der Waals surface area contributed by atoms with Crippen molar-refractivity contribution < 1.29 is 28.7 Å². The van der Waals surface area contributed by atoms with Crippen LogP contribution in [0.3, 0.4) is 0 Å². The zero-order valence-electron chi connectivity index (χ0n) is 22.5. The third kappa shape index (κ3) is 11.4. The number of esters is 1. The van der Waals surface area contributed by atoms with E-state index in [4.69, 9.17) is 18.9 Å². The molecule has 0 saturated carbocycles. The molecule has 9 heteroatoms. The fourth-order valence-electron chi connectivity index (χ4n) is 3.27. The fourth-order valence-corrected chi connectivity index (χ4v) is 4.02. The third-order valence-corrected chi connectivity index (χ3v) is 7.59. The van der Waals surface area contributed by atoms with E-state index in [0.29, 0.717) is 19.6 Å². The normalized spacial score (nSPS) is 14.0. The van der Waals surface area contributed by atoms with Crippen molar-refractivity contribution in [1.82, 2.24) is 0 Å². The highest BCUT2D eigenvalue weighted by atomic mass is 28.3. The average Bonchev–Trinajstić information content (AvgIpc) is 2.86. The molecule has 0 fully saturated rings.